The molecule has 5 rings (SSSR count). The first-order valence-corrected chi connectivity index (χ1v) is 8.17. The molecule has 0 aliphatic carbocycles. The molecule has 0 spiro atoms. The quantitative estimate of drug-likeness (QED) is 0.516. The van der Waals surface area contributed by atoms with Crippen LogP contribution in [0.3, 0.4) is 0 Å². The summed E-state index contributed by atoms with van der Waals surface area (Å²) in [5.41, 5.74) is 3.35. The van der Waals surface area contributed by atoms with Gasteiger partial charge in [0.15, 0.2) is 23.1 Å². The van der Waals surface area contributed by atoms with Crippen molar-refractivity contribution in [3.05, 3.63) is 59.9 Å². The van der Waals surface area contributed by atoms with Gasteiger partial charge in [-0.3, -0.25) is 4.68 Å². The Morgan fingerprint density at radius 3 is 2.77 bits per heavy atom. The number of nitrogens with zero attached hydrogens (tertiary/aromatic N) is 5. The largest absolute Gasteiger partial charge is 0.268 e. The van der Waals surface area contributed by atoms with Crippen LogP contribution in [0.5, 0.6) is 0 Å². The summed E-state index contributed by atoms with van der Waals surface area (Å²) in [5, 5.41) is 8.60. The van der Waals surface area contributed by atoms with Gasteiger partial charge in [0.2, 0.25) is 0 Å². The maximum atomic E-state index is 14.4. The summed E-state index contributed by atoms with van der Waals surface area (Å²) < 4.78 is 44.9. The van der Waals surface area contributed by atoms with Crippen molar-refractivity contribution in [2.45, 2.75) is 19.4 Å². The van der Waals surface area contributed by atoms with E-state index in [1.165, 1.54) is 12.4 Å². The molecular weight excluding hydrogens is 343 g/mol. The molecule has 26 heavy (non-hydrogen) atoms. The van der Waals surface area contributed by atoms with E-state index in [0.717, 1.165) is 30.2 Å². The van der Waals surface area contributed by atoms with Crippen LogP contribution in [-0.4, -0.2) is 24.4 Å². The highest BCUT2D eigenvalue weighted by atomic mass is 19.2. The number of pyridine rings is 1. The van der Waals surface area contributed by atoms with Crippen LogP contribution in [0.25, 0.3) is 28.0 Å². The average Bonchev–Trinajstić information content (AvgIpc) is 3.34. The first-order chi connectivity index (χ1) is 12.6. The summed E-state index contributed by atoms with van der Waals surface area (Å²) in [6.45, 7) is 0.708. The zero-order valence-electron chi connectivity index (χ0n) is 13.5. The van der Waals surface area contributed by atoms with E-state index >= 15 is 0 Å². The average molecular weight is 355 g/mol. The Bertz CT molecular complexity index is 1160. The molecule has 0 fully saturated rings. The second kappa shape index (κ2) is 5.42. The van der Waals surface area contributed by atoms with Gasteiger partial charge in [-0.05, 0) is 37.1 Å². The van der Waals surface area contributed by atoms with Crippen molar-refractivity contribution in [1.29, 1.82) is 0 Å². The Balaban J connectivity index is 1.79. The molecule has 1 aliphatic heterocycles. The number of aromatic nitrogens is 5. The molecule has 8 heteroatoms. The zero-order chi connectivity index (χ0) is 17.8. The molecule has 0 bridgehead atoms. The second-order valence-electron chi connectivity index (χ2n) is 6.20. The summed E-state index contributed by atoms with van der Waals surface area (Å²) >= 11 is 0. The molecule has 4 heterocycles. The van der Waals surface area contributed by atoms with Crippen molar-refractivity contribution in [1.82, 2.24) is 24.4 Å². The van der Waals surface area contributed by atoms with Gasteiger partial charge in [0, 0.05) is 35.1 Å². The van der Waals surface area contributed by atoms with Gasteiger partial charge >= 0.3 is 0 Å². The Labute approximate surface area is 145 Å². The lowest BCUT2D eigenvalue weighted by molar-refractivity contribution is 0.448. The number of hydrogen-bond acceptors (Lipinski definition) is 3. The number of halogens is 3. The molecule has 1 aliphatic rings. The van der Waals surface area contributed by atoms with E-state index in [9.17, 15) is 13.2 Å². The van der Waals surface area contributed by atoms with E-state index in [2.05, 4.69) is 15.2 Å². The number of fused-ring (bicyclic) bond motifs is 2. The van der Waals surface area contributed by atoms with Crippen molar-refractivity contribution in [2.24, 2.45) is 0 Å². The van der Waals surface area contributed by atoms with Gasteiger partial charge in [-0.2, -0.15) is 10.2 Å². The molecule has 0 saturated heterocycles. The van der Waals surface area contributed by atoms with Gasteiger partial charge in [-0.1, -0.05) is 0 Å². The second-order valence-corrected chi connectivity index (χ2v) is 6.20. The topological polar surface area (TPSA) is 48.0 Å². The van der Waals surface area contributed by atoms with E-state index in [4.69, 9.17) is 0 Å². The Kier molecular flexibility index (Phi) is 3.15. The monoisotopic (exact) mass is 355 g/mol. The number of rotatable bonds is 2. The highest BCUT2D eigenvalue weighted by Gasteiger charge is 2.27. The smallest absolute Gasteiger partial charge is 0.195 e. The van der Waals surface area contributed by atoms with E-state index < -0.39 is 17.5 Å². The first-order valence-electron chi connectivity index (χ1n) is 8.17. The van der Waals surface area contributed by atoms with E-state index in [1.807, 2.05) is 6.07 Å². The van der Waals surface area contributed by atoms with E-state index in [1.54, 1.807) is 21.5 Å². The fourth-order valence-corrected chi connectivity index (χ4v) is 3.50. The van der Waals surface area contributed by atoms with Gasteiger partial charge in [0.25, 0.3) is 0 Å². The third-order valence-corrected chi connectivity index (χ3v) is 4.69. The van der Waals surface area contributed by atoms with Crippen molar-refractivity contribution in [2.75, 3.05) is 0 Å². The van der Waals surface area contributed by atoms with E-state index in [0.29, 0.717) is 23.4 Å². The maximum absolute atomic E-state index is 14.4. The Morgan fingerprint density at radius 1 is 1.00 bits per heavy atom. The molecule has 0 unspecified atom stereocenters. The van der Waals surface area contributed by atoms with Crippen LogP contribution in [0.4, 0.5) is 13.2 Å². The van der Waals surface area contributed by atoms with Crippen LogP contribution in [0, 0.1) is 17.5 Å². The zero-order valence-corrected chi connectivity index (χ0v) is 13.5. The van der Waals surface area contributed by atoms with Crippen molar-refractivity contribution in [3.63, 3.8) is 0 Å². The van der Waals surface area contributed by atoms with Crippen molar-refractivity contribution >= 4 is 5.65 Å². The molecule has 4 aromatic rings. The molecule has 0 atom stereocenters. The first kappa shape index (κ1) is 15.1. The van der Waals surface area contributed by atoms with E-state index in [-0.39, 0.29) is 5.56 Å². The lowest BCUT2D eigenvalue weighted by atomic mass is 9.98. The predicted octanol–water partition coefficient (Wildman–Crippen LogP) is 3.62. The molecule has 1 aromatic carbocycles. The lowest BCUT2D eigenvalue weighted by Crippen LogP contribution is -1.98. The lowest BCUT2D eigenvalue weighted by Gasteiger charge is -2.08. The predicted molar refractivity (Wildman–Crippen MR) is 87.8 cm³/mol. The van der Waals surface area contributed by atoms with Crippen molar-refractivity contribution in [3.8, 4) is 22.4 Å². The van der Waals surface area contributed by atoms with Gasteiger partial charge in [0.1, 0.15) is 12.0 Å². The molecule has 0 saturated carbocycles. The summed E-state index contributed by atoms with van der Waals surface area (Å²) in [7, 11) is 0. The Morgan fingerprint density at radius 2 is 1.88 bits per heavy atom. The van der Waals surface area contributed by atoms with Crippen LogP contribution in [0.2, 0.25) is 0 Å². The standard InChI is InChI=1S/C18H12F3N5/c19-12-5-4-11(16(20)17(12)21)18-15(13-2-1-7-25(13)24-18)10-3-6-14-22-9-23-26(14)8-10/h3-6,8-9H,1-2,7H2. The van der Waals surface area contributed by atoms with Crippen LogP contribution >= 0.6 is 0 Å². The molecule has 3 aromatic heterocycles. The highest BCUT2D eigenvalue weighted by Crippen LogP contribution is 2.38. The summed E-state index contributed by atoms with van der Waals surface area (Å²) in [4.78, 5) is 4.11. The van der Waals surface area contributed by atoms with Gasteiger partial charge in [0.05, 0.1) is 0 Å². The maximum Gasteiger partial charge on any atom is 0.195 e. The van der Waals surface area contributed by atoms with Crippen molar-refractivity contribution < 1.29 is 13.2 Å². The molecule has 0 amide bonds. The van der Waals surface area contributed by atoms with Crippen LogP contribution < -0.4 is 0 Å². The molecule has 0 radical (unpaired) electrons. The molecule has 0 N–H and O–H groups in total. The highest BCUT2D eigenvalue weighted by molar-refractivity contribution is 5.83. The minimum atomic E-state index is -1.49. The van der Waals surface area contributed by atoms with Crippen LogP contribution in [0.15, 0.2) is 36.8 Å². The minimum Gasteiger partial charge on any atom is -0.268 e. The Hall–Kier alpha value is -3.16. The third-order valence-electron chi connectivity index (χ3n) is 4.69. The van der Waals surface area contributed by atoms with Crippen LogP contribution in [-0.2, 0) is 13.0 Å². The fraction of sp³-hybridized carbons (Fsp3) is 0.167. The molecule has 5 nitrogen and oxygen atoms in total. The number of benzene rings is 1. The van der Waals surface area contributed by atoms with Crippen LogP contribution in [0.1, 0.15) is 12.1 Å². The number of hydrogen-bond donors (Lipinski definition) is 0. The molecular formula is C18H12F3N5. The summed E-state index contributed by atoms with van der Waals surface area (Å²) in [6.07, 6.45) is 4.93. The number of aryl methyl sites for hydroxylation is 1. The fourth-order valence-electron chi connectivity index (χ4n) is 3.50. The van der Waals surface area contributed by atoms with Gasteiger partial charge in [-0.15, -0.1) is 0 Å². The normalized spacial score (nSPS) is 13.5. The van der Waals surface area contributed by atoms with Gasteiger partial charge in [-0.25, -0.2) is 22.7 Å². The summed E-state index contributed by atoms with van der Waals surface area (Å²) in [5.74, 6) is -3.94. The SMILES string of the molecule is Fc1ccc(-c2nn3c(c2-c2ccc4ncnn4c2)CCC3)c(F)c1F. The summed E-state index contributed by atoms with van der Waals surface area (Å²) in [6, 6.07) is 5.79. The third kappa shape index (κ3) is 2.08. The van der Waals surface area contributed by atoms with Gasteiger partial charge < -0.3 is 0 Å². The minimum absolute atomic E-state index is 0.0560. The molecule has 130 valence electrons.